The fourth-order valence-corrected chi connectivity index (χ4v) is 8.83. The van der Waals surface area contributed by atoms with Crippen LogP contribution in [0.1, 0.15) is 47.0 Å². The standard InChI is InChI=1S/C15H30O4Si/c1-7-20(11(2)3,19-15(4,16-5)17-6)12-8-9-13-14(10-12)18-13/h11-14H,7-10H2,1-6H3. The Hall–Kier alpha value is 0.0569. The van der Waals surface area contributed by atoms with Gasteiger partial charge >= 0.3 is 0 Å². The van der Waals surface area contributed by atoms with E-state index < -0.39 is 14.3 Å². The first-order valence-electron chi connectivity index (χ1n) is 7.86. The Bertz CT molecular complexity index is 332. The number of rotatable bonds is 7. The Morgan fingerprint density at radius 3 is 2.30 bits per heavy atom. The molecule has 1 saturated heterocycles. The highest BCUT2D eigenvalue weighted by atomic mass is 28.4. The van der Waals surface area contributed by atoms with Crippen LogP contribution >= 0.6 is 0 Å². The van der Waals surface area contributed by atoms with E-state index in [0.29, 0.717) is 23.3 Å². The lowest BCUT2D eigenvalue weighted by molar-refractivity contribution is -0.316. The molecule has 0 aromatic carbocycles. The quantitative estimate of drug-likeness (QED) is 0.409. The Labute approximate surface area is 124 Å². The summed E-state index contributed by atoms with van der Waals surface area (Å²) < 4.78 is 23.3. The lowest BCUT2D eigenvalue weighted by Crippen LogP contribution is -2.54. The summed E-state index contributed by atoms with van der Waals surface area (Å²) in [6.07, 6.45) is 4.61. The van der Waals surface area contributed by atoms with Gasteiger partial charge in [0.05, 0.1) is 12.2 Å². The molecule has 0 spiro atoms. The van der Waals surface area contributed by atoms with Crippen LogP contribution in [0.3, 0.4) is 0 Å². The molecule has 5 heteroatoms. The van der Waals surface area contributed by atoms with Crippen molar-refractivity contribution in [2.75, 3.05) is 14.2 Å². The summed E-state index contributed by atoms with van der Waals surface area (Å²) in [7, 11) is 1.34. The van der Waals surface area contributed by atoms with E-state index in [1.54, 1.807) is 14.2 Å². The molecule has 0 aromatic heterocycles. The third-order valence-corrected chi connectivity index (χ3v) is 11.1. The van der Waals surface area contributed by atoms with Crippen LogP contribution in [-0.2, 0) is 18.6 Å². The Kier molecular flexibility index (Phi) is 4.97. The topological polar surface area (TPSA) is 40.2 Å². The zero-order chi connectivity index (χ0) is 15.0. The minimum Gasteiger partial charge on any atom is -0.370 e. The highest BCUT2D eigenvalue weighted by molar-refractivity contribution is 6.76. The second kappa shape index (κ2) is 6.05. The number of ether oxygens (including phenoxy) is 3. The zero-order valence-corrected chi connectivity index (χ0v) is 14.8. The van der Waals surface area contributed by atoms with Gasteiger partial charge in [-0.2, -0.15) is 0 Å². The molecule has 1 aliphatic heterocycles. The Morgan fingerprint density at radius 2 is 1.85 bits per heavy atom. The maximum atomic E-state index is 6.58. The smallest absolute Gasteiger partial charge is 0.269 e. The molecule has 0 N–H and O–H groups in total. The van der Waals surface area contributed by atoms with Gasteiger partial charge in [-0.15, -0.1) is 0 Å². The molecule has 4 nitrogen and oxygen atoms in total. The van der Waals surface area contributed by atoms with Crippen molar-refractivity contribution < 1.29 is 18.6 Å². The molecule has 4 unspecified atom stereocenters. The van der Waals surface area contributed by atoms with Gasteiger partial charge in [0.1, 0.15) is 0 Å². The second-order valence-corrected chi connectivity index (χ2v) is 11.4. The molecule has 1 heterocycles. The maximum absolute atomic E-state index is 6.58. The van der Waals surface area contributed by atoms with Gasteiger partial charge in [0.25, 0.3) is 5.97 Å². The van der Waals surface area contributed by atoms with Crippen LogP contribution < -0.4 is 0 Å². The molecule has 0 aromatic rings. The van der Waals surface area contributed by atoms with Gasteiger partial charge < -0.3 is 18.6 Å². The van der Waals surface area contributed by atoms with E-state index in [4.69, 9.17) is 18.6 Å². The number of epoxide rings is 1. The lowest BCUT2D eigenvalue weighted by Gasteiger charge is -2.46. The fraction of sp³-hybridized carbons (Fsp3) is 1.00. The van der Waals surface area contributed by atoms with E-state index >= 15 is 0 Å². The van der Waals surface area contributed by atoms with Gasteiger partial charge in [0.15, 0.2) is 0 Å². The van der Waals surface area contributed by atoms with E-state index in [1.807, 2.05) is 6.92 Å². The minimum atomic E-state index is -1.97. The van der Waals surface area contributed by atoms with Crippen molar-refractivity contribution in [3.8, 4) is 0 Å². The molecular weight excluding hydrogens is 272 g/mol. The molecule has 4 atom stereocenters. The van der Waals surface area contributed by atoms with Gasteiger partial charge in [0.2, 0.25) is 8.32 Å². The molecule has 2 rings (SSSR count). The van der Waals surface area contributed by atoms with E-state index in [0.717, 1.165) is 12.5 Å². The summed E-state index contributed by atoms with van der Waals surface area (Å²) in [5.74, 6) is -0.923. The van der Waals surface area contributed by atoms with Crippen LogP contribution in [0.2, 0.25) is 17.1 Å². The van der Waals surface area contributed by atoms with Crippen molar-refractivity contribution in [2.24, 2.45) is 0 Å². The van der Waals surface area contributed by atoms with Gasteiger partial charge in [-0.05, 0) is 36.4 Å². The maximum Gasteiger partial charge on any atom is 0.269 e. The Balaban J connectivity index is 2.19. The summed E-state index contributed by atoms with van der Waals surface area (Å²) in [5.41, 5.74) is 1.18. The van der Waals surface area contributed by atoms with E-state index in [9.17, 15) is 0 Å². The number of hydrogen-bond acceptors (Lipinski definition) is 4. The van der Waals surface area contributed by atoms with Gasteiger partial charge in [-0.25, -0.2) is 0 Å². The van der Waals surface area contributed by atoms with E-state index in [-0.39, 0.29) is 0 Å². The molecule has 0 bridgehead atoms. The second-order valence-electron chi connectivity index (χ2n) is 6.56. The van der Waals surface area contributed by atoms with Gasteiger partial charge in [0, 0.05) is 21.1 Å². The van der Waals surface area contributed by atoms with Crippen molar-refractivity contribution in [1.82, 2.24) is 0 Å². The van der Waals surface area contributed by atoms with E-state index in [2.05, 4.69) is 20.8 Å². The first-order valence-corrected chi connectivity index (χ1v) is 10.1. The first-order chi connectivity index (χ1) is 9.40. The Morgan fingerprint density at radius 1 is 1.20 bits per heavy atom. The molecule has 1 aliphatic carbocycles. The van der Waals surface area contributed by atoms with Gasteiger partial charge in [-0.3, -0.25) is 0 Å². The molecular formula is C15H30O4Si. The predicted molar refractivity (Wildman–Crippen MR) is 81.1 cm³/mol. The van der Waals surface area contributed by atoms with Gasteiger partial charge in [-0.1, -0.05) is 20.8 Å². The largest absolute Gasteiger partial charge is 0.370 e. The molecule has 0 radical (unpaired) electrons. The van der Waals surface area contributed by atoms with Crippen LogP contribution in [0.5, 0.6) is 0 Å². The van der Waals surface area contributed by atoms with Crippen molar-refractivity contribution in [1.29, 1.82) is 0 Å². The highest BCUT2D eigenvalue weighted by Gasteiger charge is 2.55. The molecule has 2 aliphatic rings. The van der Waals surface area contributed by atoms with Crippen molar-refractivity contribution in [3.63, 3.8) is 0 Å². The molecule has 20 heavy (non-hydrogen) atoms. The number of hydrogen-bond donors (Lipinski definition) is 0. The predicted octanol–water partition coefficient (Wildman–Crippen LogP) is 3.67. The van der Waals surface area contributed by atoms with Crippen LogP contribution in [0.15, 0.2) is 0 Å². The van der Waals surface area contributed by atoms with Crippen LogP contribution in [0, 0.1) is 0 Å². The third kappa shape index (κ3) is 2.97. The van der Waals surface area contributed by atoms with Crippen molar-refractivity contribution in [3.05, 3.63) is 0 Å². The van der Waals surface area contributed by atoms with Crippen molar-refractivity contribution >= 4 is 8.32 Å². The average molecular weight is 302 g/mol. The SMILES string of the molecule is CC[Si](OC(C)(OC)OC)(C(C)C)C1CCC2OC2C1. The fourth-order valence-electron chi connectivity index (χ4n) is 3.80. The monoisotopic (exact) mass is 302 g/mol. The average Bonchev–Trinajstić information content (AvgIpc) is 3.22. The zero-order valence-electron chi connectivity index (χ0n) is 13.8. The summed E-state index contributed by atoms with van der Waals surface area (Å²) in [4.78, 5) is 0. The van der Waals surface area contributed by atoms with Crippen LogP contribution in [0.4, 0.5) is 0 Å². The summed E-state index contributed by atoms with van der Waals surface area (Å²) in [6, 6.07) is 1.09. The molecule has 118 valence electrons. The minimum absolute atomic E-state index is 0.492. The number of methoxy groups -OCH3 is 2. The third-order valence-electron chi connectivity index (χ3n) is 5.34. The summed E-state index contributed by atoms with van der Waals surface area (Å²) in [5, 5.41) is 0. The van der Waals surface area contributed by atoms with Crippen LogP contribution in [0.25, 0.3) is 0 Å². The normalized spacial score (nSPS) is 32.9. The highest BCUT2D eigenvalue weighted by Crippen LogP contribution is 2.52. The number of fused-ring (bicyclic) bond motifs is 1. The summed E-state index contributed by atoms with van der Waals surface area (Å²) >= 11 is 0. The van der Waals surface area contributed by atoms with Crippen molar-refractivity contribution in [2.45, 2.75) is 82.3 Å². The van der Waals surface area contributed by atoms with Crippen LogP contribution in [-0.4, -0.2) is 40.7 Å². The lowest BCUT2D eigenvalue weighted by atomic mass is 10.0. The first kappa shape index (κ1) is 16.4. The van der Waals surface area contributed by atoms with E-state index in [1.165, 1.54) is 12.8 Å². The summed E-state index contributed by atoms with van der Waals surface area (Å²) in [6.45, 7) is 8.73. The molecule has 2 fully saturated rings. The molecule has 1 saturated carbocycles. The molecule has 0 amide bonds.